The second kappa shape index (κ2) is 9.70. The van der Waals surface area contributed by atoms with Crippen LogP contribution in [0.4, 0.5) is 0 Å². The zero-order valence-electron chi connectivity index (χ0n) is 15.9. The lowest BCUT2D eigenvalue weighted by Gasteiger charge is -2.19. The molecule has 2 rings (SSSR count). The number of rotatable bonds is 9. The van der Waals surface area contributed by atoms with Gasteiger partial charge in [-0.05, 0) is 48.2 Å². The summed E-state index contributed by atoms with van der Waals surface area (Å²) in [5, 5.41) is 3.10. The van der Waals surface area contributed by atoms with Gasteiger partial charge in [0.1, 0.15) is 5.75 Å². The summed E-state index contributed by atoms with van der Waals surface area (Å²) in [5.74, 6) is 2.19. The standard InChI is InChI=1S/C21H27NO4/c1-5-18(16-9-12-19(25-3)20(14-16)26-4)22-21(23)13-8-15-6-10-17(24-2)11-7-15/h6-7,9-12,14,18H,5,8,13H2,1-4H3,(H,22,23)/t18-/m0/s1. The van der Waals surface area contributed by atoms with Crippen molar-refractivity contribution in [3.05, 3.63) is 53.6 Å². The third kappa shape index (κ3) is 5.15. The van der Waals surface area contributed by atoms with E-state index in [2.05, 4.69) is 5.32 Å². The summed E-state index contributed by atoms with van der Waals surface area (Å²) in [6.07, 6.45) is 1.93. The van der Waals surface area contributed by atoms with Crippen molar-refractivity contribution in [1.29, 1.82) is 0 Å². The molecule has 0 aliphatic heterocycles. The van der Waals surface area contributed by atoms with Crippen LogP contribution >= 0.6 is 0 Å². The van der Waals surface area contributed by atoms with Crippen LogP contribution < -0.4 is 19.5 Å². The van der Waals surface area contributed by atoms with E-state index >= 15 is 0 Å². The molecule has 0 aliphatic carbocycles. The number of hydrogen-bond acceptors (Lipinski definition) is 4. The Morgan fingerprint density at radius 2 is 1.65 bits per heavy atom. The molecule has 0 heterocycles. The largest absolute Gasteiger partial charge is 0.497 e. The van der Waals surface area contributed by atoms with Crippen LogP contribution in [-0.4, -0.2) is 27.2 Å². The Balaban J connectivity index is 1.96. The number of carbonyl (C=O) groups is 1. The quantitative estimate of drug-likeness (QED) is 0.739. The molecule has 0 spiro atoms. The van der Waals surface area contributed by atoms with Gasteiger partial charge in [0.25, 0.3) is 0 Å². The fraction of sp³-hybridized carbons (Fsp3) is 0.381. The summed E-state index contributed by atoms with van der Waals surface area (Å²) in [4.78, 5) is 12.4. The molecule has 0 saturated carbocycles. The van der Waals surface area contributed by atoms with E-state index in [0.717, 1.165) is 23.3 Å². The van der Waals surface area contributed by atoms with E-state index in [1.807, 2.05) is 49.4 Å². The summed E-state index contributed by atoms with van der Waals surface area (Å²) < 4.78 is 15.8. The van der Waals surface area contributed by atoms with Gasteiger partial charge in [0, 0.05) is 6.42 Å². The molecule has 0 aliphatic rings. The highest BCUT2D eigenvalue weighted by molar-refractivity contribution is 5.76. The number of methoxy groups -OCH3 is 3. The normalized spacial score (nSPS) is 11.5. The highest BCUT2D eigenvalue weighted by Crippen LogP contribution is 2.30. The van der Waals surface area contributed by atoms with Gasteiger partial charge >= 0.3 is 0 Å². The first-order valence-electron chi connectivity index (χ1n) is 8.75. The summed E-state index contributed by atoms with van der Waals surface area (Å²) >= 11 is 0. The van der Waals surface area contributed by atoms with Gasteiger partial charge in [0.2, 0.25) is 5.91 Å². The van der Waals surface area contributed by atoms with E-state index in [4.69, 9.17) is 14.2 Å². The minimum Gasteiger partial charge on any atom is -0.497 e. The van der Waals surface area contributed by atoms with Crippen LogP contribution in [0.5, 0.6) is 17.2 Å². The zero-order chi connectivity index (χ0) is 18.9. The van der Waals surface area contributed by atoms with Crippen LogP contribution in [0.3, 0.4) is 0 Å². The van der Waals surface area contributed by atoms with Gasteiger partial charge < -0.3 is 19.5 Å². The number of ether oxygens (including phenoxy) is 3. The van der Waals surface area contributed by atoms with Crippen molar-refractivity contribution >= 4 is 5.91 Å². The molecule has 0 aromatic heterocycles. The van der Waals surface area contributed by atoms with Crippen molar-refractivity contribution in [2.75, 3.05) is 21.3 Å². The van der Waals surface area contributed by atoms with Crippen molar-refractivity contribution in [2.24, 2.45) is 0 Å². The third-order valence-electron chi connectivity index (χ3n) is 4.35. The highest BCUT2D eigenvalue weighted by Gasteiger charge is 2.15. The molecule has 0 fully saturated rings. The maximum atomic E-state index is 12.4. The number of aryl methyl sites for hydroxylation is 1. The smallest absolute Gasteiger partial charge is 0.220 e. The minimum absolute atomic E-state index is 0.0300. The number of carbonyl (C=O) groups excluding carboxylic acids is 1. The van der Waals surface area contributed by atoms with Crippen molar-refractivity contribution in [2.45, 2.75) is 32.2 Å². The van der Waals surface area contributed by atoms with E-state index < -0.39 is 0 Å². The average molecular weight is 357 g/mol. The number of hydrogen-bond donors (Lipinski definition) is 1. The second-order valence-corrected chi connectivity index (χ2v) is 5.99. The number of benzene rings is 2. The molecule has 0 radical (unpaired) electrons. The molecule has 1 N–H and O–H groups in total. The van der Waals surface area contributed by atoms with Crippen LogP contribution in [0.2, 0.25) is 0 Å². The lowest BCUT2D eigenvalue weighted by Crippen LogP contribution is -2.28. The second-order valence-electron chi connectivity index (χ2n) is 5.99. The molecule has 2 aromatic rings. The summed E-state index contributed by atoms with van der Waals surface area (Å²) in [6, 6.07) is 13.5. The molecule has 0 saturated heterocycles. The van der Waals surface area contributed by atoms with Crippen molar-refractivity contribution < 1.29 is 19.0 Å². The lowest BCUT2D eigenvalue weighted by molar-refractivity contribution is -0.121. The van der Waals surface area contributed by atoms with Crippen LogP contribution in [0.25, 0.3) is 0 Å². The first-order chi connectivity index (χ1) is 12.6. The zero-order valence-corrected chi connectivity index (χ0v) is 15.9. The topological polar surface area (TPSA) is 56.8 Å². The van der Waals surface area contributed by atoms with Gasteiger partial charge in [-0.1, -0.05) is 25.1 Å². The molecule has 5 nitrogen and oxygen atoms in total. The Morgan fingerprint density at radius 1 is 0.962 bits per heavy atom. The Hall–Kier alpha value is -2.69. The molecule has 0 unspecified atom stereocenters. The van der Waals surface area contributed by atoms with Gasteiger partial charge in [0.15, 0.2) is 11.5 Å². The fourth-order valence-electron chi connectivity index (χ4n) is 2.81. The SMILES string of the molecule is CC[C@H](NC(=O)CCc1ccc(OC)cc1)c1ccc(OC)c(OC)c1. The van der Waals surface area contributed by atoms with E-state index in [0.29, 0.717) is 24.3 Å². The number of nitrogens with one attached hydrogen (secondary N) is 1. The van der Waals surface area contributed by atoms with Crippen LogP contribution in [-0.2, 0) is 11.2 Å². The van der Waals surface area contributed by atoms with Gasteiger partial charge in [0.05, 0.1) is 27.4 Å². The monoisotopic (exact) mass is 357 g/mol. The van der Waals surface area contributed by atoms with Gasteiger partial charge in [-0.15, -0.1) is 0 Å². The maximum absolute atomic E-state index is 12.4. The van der Waals surface area contributed by atoms with Crippen molar-refractivity contribution in [3.63, 3.8) is 0 Å². The van der Waals surface area contributed by atoms with Crippen molar-refractivity contribution in [1.82, 2.24) is 5.32 Å². The Morgan fingerprint density at radius 3 is 2.23 bits per heavy atom. The predicted molar refractivity (Wildman–Crippen MR) is 102 cm³/mol. The summed E-state index contributed by atoms with van der Waals surface area (Å²) in [7, 11) is 4.85. The van der Waals surface area contributed by atoms with Crippen LogP contribution in [0.1, 0.15) is 36.9 Å². The minimum atomic E-state index is -0.0572. The first kappa shape index (κ1) is 19.6. The summed E-state index contributed by atoms with van der Waals surface area (Å²) in [6.45, 7) is 2.05. The third-order valence-corrected chi connectivity index (χ3v) is 4.35. The van der Waals surface area contributed by atoms with Crippen LogP contribution in [0.15, 0.2) is 42.5 Å². The van der Waals surface area contributed by atoms with E-state index in [9.17, 15) is 4.79 Å². The molecule has 1 amide bonds. The molecule has 26 heavy (non-hydrogen) atoms. The highest BCUT2D eigenvalue weighted by atomic mass is 16.5. The van der Waals surface area contributed by atoms with Gasteiger partial charge in [-0.3, -0.25) is 4.79 Å². The molecule has 140 valence electrons. The maximum Gasteiger partial charge on any atom is 0.220 e. The molecule has 5 heteroatoms. The molecular weight excluding hydrogens is 330 g/mol. The van der Waals surface area contributed by atoms with Gasteiger partial charge in [-0.2, -0.15) is 0 Å². The van der Waals surface area contributed by atoms with E-state index in [-0.39, 0.29) is 11.9 Å². The molecule has 2 aromatic carbocycles. The number of amides is 1. The Kier molecular flexibility index (Phi) is 7.33. The van der Waals surface area contributed by atoms with Crippen molar-refractivity contribution in [3.8, 4) is 17.2 Å². The fourth-order valence-corrected chi connectivity index (χ4v) is 2.81. The van der Waals surface area contributed by atoms with E-state index in [1.54, 1.807) is 21.3 Å². The Labute approximate surface area is 155 Å². The first-order valence-corrected chi connectivity index (χ1v) is 8.75. The Bertz CT molecular complexity index is 712. The molecular formula is C21H27NO4. The molecule has 0 bridgehead atoms. The van der Waals surface area contributed by atoms with Gasteiger partial charge in [-0.25, -0.2) is 0 Å². The molecule has 1 atom stereocenters. The predicted octanol–water partition coefficient (Wildman–Crippen LogP) is 3.91. The van der Waals surface area contributed by atoms with Crippen LogP contribution in [0, 0.1) is 0 Å². The summed E-state index contributed by atoms with van der Waals surface area (Å²) in [5.41, 5.74) is 2.11. The average Bonchev–Trinajstić information content (AvgIpc) is 2.70. The lowest BCUT2D eigenvalue weighted by atomic mass is 10.0. The van der Waals surface area contributed by atoms with E-state index in [1.165, 1.54) is 0 Å².